The van der Waals surface area contributed by atoms with Crippen LogP contribution in [0.5, 0.6) is 5.75 Å². The molecule has 9 heteroatoms. The van der Waals surface area contributed by atoms with Crippen LogP contribution in [0.25, 0.3) is 0 Å². The van der Waals surface area contributed by atoms with E-state index < -0.39 is 0 Å². The molecule has 5 rings (SSSR count). The van der Waals surface area contributed by atoms with Crippen molar-refractivity contribution < 1.29 is 23.9 Å². The number of piperazine rings is 1. The standard InChI is InChI=1S/C25H34N4O5/c1-27-9-11-29(12-10-27)23(30)14-18-6-7-20-22(34-18)15-33-21-8-5-17(26-24(31)16-3-4-16)13-19(21)25(32)28(20)2/h5,8,13,16,18,20,22H,3-4,6-7,9-12,14-15H2,1-2H3,(H,26,31)/t18-,20-,22+/m1/s1. The fraction of sp³-hybridized carbons (Fsp3) is 0.640. The number of ether oxygens (including phenoxy) is 2. The molecule has 1 aliphatic carbocycles. The number of carbonyl (C=O) groups is 3. The minimum atomic E-state index is -0.296. The summed E-state index contributed by atoms with van der Waals surface area (Å²) in [5.74, 6) is 0.568. The third-order valence-corrected chi connectivity index (χ3v) is 7.49. The van der Waals surface area contributed by atoms with Crippen molar-refractivity contribution in [1.82, 2.24) is 14.7 Å². The highest BCUT2D eigenvalue weighted by Crippen LogP contribution is 2.34. The maximum atomic E-state index is 13.3. The Balaban J connectivity index is 1.24. The summed E-state index contributed by atoms with van der Waals surface area (Å²) in [7, 11) is 3.87. The summed E-state index contributed by atoms with van der Waals surface area (Å²) in [4.78, 5) is 44.2. The molecule has 184 valence electrons. The fourth-order valence-electron chi connectivity index (χ4n) is 5.07. The molecule has 1 N–H and O–H groups in total. The van der Waals surface area contributed by atoms with Crippen molar-refractivity contribution >= 4 is 23.4 Å². The van der Waals surface area contributed by atoms with Gasteiger partial charge < -0.3 is 29.5 Å². The van der Waals surface area contributed by atoms with E-state index in [-0.39, 0.29) is 41.9 Å². The first-order valence-electron chi connectivity index (χ1n) is 12.4. The lowest BCUT2D eigenvalue weighted by atomic mass is 9.94. The monoisotopic (exact) mass is 470 g/mol. The number of hydrogen-bond acceptors (Lipinski definition) is 6. The van der Waals surface area contributed by atoms with Gasteiger partial charge in [0.2, 0.25) is 11.8 Å². The molecule has 3 fully saturated rings. The van der Waals surface area contributed by atoms with Crippen molar-refractivity contribution in [3.8, 4) is 5.75 Å². The first-order valence-corrected chi connectivity index (χ1v) is 12.4. The third-order valence-electron chi connectivity index (χ3n) is 7.49. The highest BCUT2D eigenvalue weighted by atomic mass is 16.5. The van der Waals surface area contributed by atoms with Crippen LogP contribution in [0.2, 0.25) is 0 Å². The third kappa shape index (κ3) is 4.90. The van der Waals surface area contributed by atoms with Gasteiger partial charge in [-0.25, -0.2) is 0 Å². The van der Waals surface area contributed by atoms with Crippen LogP contribution < -0.4 is 10.1 Å². The number of carbonyl (C=O) groups excluding carboxylic acids is 3. The second-order valence-corrected chi connectivity index (χ2v) is 10.0. The van der Waals surface area contributed by atoms with Crippen molar-refractivity contribution in [3.63, 3.8) is 0 Å². The van der Waals surface area contributed by atoms with Gasteiger partial charge in [-0.05, 0) is 50.9 Å². The van der Waals surface area contributed by atoms with Gasteiger partial charge in [-0.2, -0.15) is 0 Å². The number of benzene rings is 1. The second kappa shape index (κ2) is 9.54. The van der Waals surface area contributed by atoms with E-state index in [9.17, 15) is 14.4 Å². The first kappa shape index (κ1) is 23.1. The summed E-state index contributed by atoms with van der Waals surface area (Å²) < 4.78 is 12.3. The molecule has 3 atom stereocenters. The Bertz CT molecular complexity index is 957. The first-order chi connectivity index (χ1) is 16.4. The van der Waals surface area contributed by atoms with Gasteiger partial charge in [0.1, 0.15) is 18.5 Å². The number of rotatable bonds is 4. The molecule has 0 unspecified atom stereocenters. The number of fused-ring (bicyclic) bond motifs is 2. The smallest absolute Gasteiger partial charge is 0.257 e. The quantitative estimate of drug-likeness (QED) is 0.719. The highest BCUT2D eigenvalue weighted by Gasteiger charge is 2.40. The molecule has 0 radical (unpaired) electrons. The van der Waals surface area contributed by atoms with E-state index in [1.807, 2.05) is 4.90 Å². The predicted molar refractivity (Wildman–Crippen MR) is 126 cm³/mol. The zero-order chi connectivity index (χ0) is 23.8. The van der Waals surface area contributed by atoms with Gasteiger partial charge in [0.15, 0.2) is 0 Å². The van der Waals surface area contributed by atoms with E-state index in [4.69, 9.17) is 9.47 Å². The lowest BCUT2D eigenvalue weighted by molar-refractivity contribution is -0.144. The number of likely N-dealkylation sites (N-methyl/N-ethyl adjacent to an activating group) is 2. The molecule has 1 saturated carbocycles. The Hall–Kier alpha value is -2.65. The van der Waals surface area contributed by atoms with Gasteiger partial charge in [0.05, 0.1) is 24.1 Å². The molecule has 9 nitrogen and oxygen atoms in total. The van der Waals surface area contributed by atoms with Gasteiger partial charge in [-0.3, -0.25) is 14.4 Å². The maximum absolute atomic E-state index is 13.3. The normalized spacial score (nSPS) is 27.7. The van der Waals surface area contributed by atoms with Crippen LogP contribution >= 0.6 is 0 Å². The zero-order valence-corrected chi connectivity index (χ0v) is 20.0. The molecule has 0 aromatic heterocycles. The lowest BCUT2D eigenvalue weighted by Gasteiger charge is -2.42. The van der Waals surface area contributed by atoms with Crippen molar-refractivity contribution in [1.29, 1.82) is 0 Å². The summed E-state index contributed by atoms with van der Waals surface area (Å²) in [6.07, 6.45) is 3.23. The predicted octanol–water partition coefficient (Wildman–Crippen LogP) is 1.58. The minimum Gasteiger partial charge on any atom is -0.490 e. The highest BCUT2D eigenvalue weighted by molar-refractivity contribution is 6.00. The molecule has 2 saturated heterocycles. The van der Waals surface area contributed by atoms with Crippen LogP contribution in [-0.2, 0) is 14.3 Å². The molecule has 0 spiro atoms. The molecular weight excluding hydrogens is 436 g/mol. The summed E-state index contributed by atoms with van der Waals surface area (Å²) >= 11 is 0. The number of anilines is 1. The van der Waals surface area contributed by atoms with E-state index in [2.05, 4.69) is 17.3 Å². The average Bonchev–Trinajstić information content (AvgIpc) is 3.68. The lowest BCUT2D eigenvalue weighted by Crippen LogP contribution is -2.54. The summed E-state index contributed by atoms with van der Waals surface area (Å²) in [5.41, 5.74) is 1.06. The van der Waals surface area contributed by atoms with Crippen molar-refractivity contribution in [2.45, 2.75) is 50.4 Å². The van der Waals surface area contributed by atoms with E-state index in [0.29, 0.717) is 30.0 Å². The molecule has 3 heterocycles. The molecule has 0 bridgehead atoms. The topological polar surface area (TPSA) is 91.4 Å². The van der Waals surface area contributed by atoms with Crippen LogP contribution in [0, 0.1) is 5.92 Å². The summed E-state index contributed by atoms with van der Waals surface area (Å²) in [5, 5.41) is 2.91. The summed E-state index contributed by atoms with van der Waals surface area (Å²) in [6, 6.07) is 5.09. The molecule has 4 aliphatic rings. The van der Waals surface area contributed by atoms with Gasteiger partial charge in [-0.15, -0.1) is 0 Å². The molecular formula is C25H34N4O5. The molecule has 34 heavy (non-hydrogen) atoms. The average molecular weight is 471 g/mol. The Morgan fingerprint density at radius 2 is 1.82 bits per heavy atom. The minimum absolute atomic E-state index is 0.00502. The van der Waals surface area contributed by atoms with Gasteiger partial charge >= 0.3 is 0 Å². The van der Waals surface area contributed by atoms with E-state index >= 15 is 0 Å². The Kier molecular flexibility index (Phi) is 6.48. The molecule has 1 aromatic rings. The van der Waals surface area contributed by atoms with Gasteiger partial charge in [-0.1, -0.05) is 0 Å². The Labute approximate surface area is 200 Å². The van der Waals surface area contributed by atoms with Crippen molar-refractivity contribution in [3.05, 3.63) is 23.8 Å². The second-order valence-electron chi connectivity index (χ2n) is 10.0. The molecule has 3 amide bonds. The Morgan fingerprint density at radius 3 is 2.56 bits per heavy atom. The van der Waals surface area contributed by atoms with Crippen LogP contribution in [0.15, 0.2) is 18.2 Å². The number of hydrogen-bond donors (Lipinski definition) is 1. The van der Waals surface area contributed by atoms with E-state index in [1.54, 1.807) is 30.1 Å². The largest absolute Gasteiger partial charge is 0.490 e. The van der Waals surface area contributed by atoms with Crippen LogP contribution in [-0.4, -0.2) is 97.6 Å². The van der Waals surface area contributed by atoms with Crippen LogP contribution in [0.3, 0.4) is 0 Å². The number of nitrogens with zero attached hydrogens (tertiary/aromatic N) is 3. The fourth-order valence-corrected chi connectivity index (χ4v) is 5.07. The number of amides is 3. The number of nitrogens with one attached hydrogen (secondary N) is 1. The molecule has 1 aromatic carbocycles. The van der Waals surface area contributed by atoms with Gasteiger partial charge in [0.25, 0.3) is 5.91 Å². The SMILES string of the molecule is CN1CCN(C(=O)C[C@H]2CC[C@@H]3[C@H](COc4ccc(NC(=O)C5CC5)cc4C(=O)N3C)O2)CC1. The Morgan fingerprint density at radius 1 is 1.06 bits per heavy atom. The summed E-state index contributed by atoms with van der Waals surface area (Å²) in [6.45, 7) is 3.62. The molecule has 3 aliphatic heterocycles. The van der Waals surface area contributed by atoms with Crippen molar-refractivity contribution in [2.75, 3.05) is 52.2 Å². The maximum Gasteiger partial charge on any atom is 0.257 e. The van der Waals surface area contributed by atoms with Crippen molar-refractivity contribution in [2.24, 2.45) is 5.92 Å². The zero-order valence-electron chi connectivity index (χ0n) is 20.0. The van der Waals surface area contributed by atoms with Crippen LogP contribution in [0.1, 0.15) is 42.5 Å². The van der Waals surface area contributed by atoms with Gasteiger partial charge in [0, 0.05) is 44.8 Å². The van der Waals surface area contributed by atoms with E-state index in [1.165, 1.54) is 0 Å². The van der Waals surface area contributed by atoms with E-state index in [0.717, 1.165) is 51.9 Å². The van der Waals surface area contributed by atoms with Crippen LogP contribution in [0.4, 0.5) is 5.69 Å².